The molecule has 2 aromatic carbocycles. The Morgan fingerprint density at radius 3 is 2.72 bits per heavy atom. The summed E-state index contributed by atoms with van der Waals surface area (Å²) in [6.07, 6.45) is 0.921. The Balaban J connectivity index is 1.52. The first-order valence-electron chi connectivity index (χ1n) is 8.57. The van der Waals surface area contributed by atoms with Gasteiger partial charge in [-0.05, 0) is 37.5 Å². The lowest BCUT2D eigenvalue weighted by atomic mass is 10.1. The van der Waals surface area contributed by atoms with Crippen molar-refractivity contribution in [2.75, 3.05) is 19.6 Å². The fourth-order valence-electron chi connectivity index (χ4n) is 3.25. The minimum atomic E-state index is -0.570. The normalized spacial score (nSPS) is 18.4. The van der Waals surface area contributed by atoms with Crippen molar-refractivity contribution in [1.82, 2.24) is 10.2 Å². The van der Waals surface area contributed by atoms with Gasteiger partial charge in [-0.2, -0.15) is 0 Å². The van der Waals surface area contributed by atoms with Crippen molar-refractivity contribution in [2.45, 2.75) is 19.4 Å². The first-order chi connectivity index (χ1) is 12.0. The van der Waals surface area contributed by atoms with E-state index in [1.54, 1.807) is 0 Å². The molecule has 1 heterocycles. The van der Waals surface area contributed by atoms with E-state index in [4.69, 9.17) is 0 Å². The third-order valence-electron chi connectivity index (χ3n) is 4.74. The number of carbonyl (C=O) groups is 1. The van der Waals surface area contributed by atoms with Crippen LogP contribution in [0.5, 0.6) is 0 Å². The Kier molecular flexibility index (Phi) is 5.43. The average Bonchev–Trinajstić information content (AvgIpc) is 3.09. The molecule has 1 aliphatic rings. The minimum absolute atomic E-state index is 0.0562. The van der Waals surface area contributed by atoms with Gasteiger partial charge in [-0.15, -0.1) is 0 Å². The molecule has 1 N–H and O–H groups in total. The third-order valence-corrected chi connectivity index (χ3v) is 4.74. The second-order valence-electron chi connectivity index (χ2n) is 6.57. The second-order valence-corrected chi connectivity index (χ2v) is 6.57. The van der Waals surface area contributed by atoms with Crippen LogP contribution in [-0.2, 0) is 0 Å². The maximum atomic E-state index is 13.8. The molecule has 5 heteroatoms. The van der Waals surface area contributed by atoms with Crippen LogP contribution in [0.2, 0.25) is 0 Å². The smallest absolute Gasteiger partial charge is 0.253 e. The quantitative estimate of drug-likeness (QED) is 0.895. The Bertz CT molecular complexity index is 736. The lowest BCUT2D eigenvalue weighted by Gasteiger charge is -2.19. The van der Waals surface area contributed by atoms with Gasteiger partial charge in [-0.1, -0.05) is 24.3 Å². The summed E-state index contributed by atoms with van der Waals surface area (Å²) in [4.78, 5) is 14.3. The Morgan fingerprint density at radius 1 is 1.24 bits per heavy atom. The molecule has 1 amide bonds. The van der Waals surface area contributed by atoms with E-state index in [-0.39, 0.29) is 11.9 Å². The zero-order valence-corrected chi connectivity index (χ0v) is 14.2. The summed E-state index contributed by atoms with van der Waals surface area (Å²) in [5.74, 6) is -0.717. The van der Waals surface area contributed by atoms with Gasteiger partial charge in [0.15, 0.2) is 0 Å². The summed E-state index contributed by atoms with van der Waals surface area (Å²) in [5, 5.41) is 3.30. The molecular formula is C20H22F2N2O. The molecule has 0 aliphatic carbocycles. The van der Waals surface area contributed by atoms with E-state index in [9.17, 15) is 13.6 Å². The number of nitrogens with zero attached hydrogens (tertiary/aromatic N) is 1. The molecule has 2 atom stereocenters. The first kappa shape index (κ1) is 17.5. The van der Waals surface area contributed by atoms with E-state index in [0.717, 1.165) is 19.0 Å². The van der Waals surface area contributed by atoms with Gasteiger partial charge >= 0.3 is 0 Å². The van der Waals surface area contributed by atoms with Crippen LogP contribution < -0.4 is 5.32 Å². The predicted molar refractivity (Wildman–Crippen MR) is 93.2 cm³/mol. The largest absolute Gasteiger partial charge is 0.338 e. The summed E-state index contributed by atoms with van der Waals surface area (Å²) >= 11 is 0. The third kappa shape index (κ3) is 4.23. The van der Waals surface area contributed by atoms with Crippen molar-refractivity contribution in [1.29, 1.82) is 0 Å². The average molecular weight is 344 g/mol. The number of rotatable bonds is 5. The molecule has 1 saturated heterocycles. The van der Waals surface area contributed by atoms with E-state index in [2.05, 4.69) is 5.32 Å². The molecule has 25 heavy (non-hydrogen) atoms. The van der Waals surface area contributed by atoms with Crippen molar-refractivity contribution < 1.29 is 13.6 Å². The number of halogens is 2. The van der Waals surface area contributed by atoms with Crippen molar-refractivity contribution in [3.63, 3.8) is 0 Å². The minimum Gasteiger partial charge on any atom is -0.338 e. The standard InChI is InChI=1S/C20H22F2N2O/c1-14(18-8-7-17(21)11-19(18)22)23-12-15-9-10-24(13-15)20(25)16-5-3-2-4-6-16/h2-8,11,14-15,23H,9-10,12-13H2,1H3/t14-,15+/m0/s1. The molecule has 3 rings (SSSR count). The van der Waals surface area contributed by atoms with Crippen LogP contribution in [-0.4, -0.2) is 30.4 Å². The van der Waals surface area contributed by atoms with Crippen molar-refractivity contribution >= 4 is 5.91 Å². The molecule has 132 valence electrons. The molecule has 3 nitrogen and oxygen atoms in total. The van der Waals surface area contributed by atoms with Crippen LogP contribution in [0, 0.1) is 17.6 Å². The van der Waals surface area contributed by atoms with Gasteiger partial charge in [0, 0.05) is 42.9 Å². The number of hydrogen-bond donors (Lipinski definition) is 1. The summed E-state index contributed by atoms with van der Waals surface area (Å²) < 4.78 is 26.8. The Hall–Kier alpha value is -2.27. The van der Waals surface area contributed by atoms with Gasteiger partial charge < -0.3 is 10.2 Å². The number of amides is 1. The molecular weight excluding hydrogens is 322 g/mol. The van der Waals surface area contributed by atoms with Gasteiger partial charge in [0.25, 0.3) is 5.91 Å². The van der Waals surface area contributed by atoms with Gasteiger partial charge in [0.2, 0.25) is 0 Å². The fourth-order valence-corrected chi connectivity index (χ4v) is 3.25. The van der Waals surface area contributed by atoms with E-state index in [1.165, 1.54) is 12.1 Å². The SMILES string of the molecule is C[C@H](NC[C@H]1CCN(C(=O)c2ccccc2)C1)c1ccc(F)cc1F. The van der Waals surface area contributed by atoms with E-state index in [0.29, 0.717) is 30.1 Å². The van der Waals surface area contributed by atoms with E-state index >= 15 is 0 Å². The lowest BCUT2D eigenvalue weighted by molar-refractivity contribution is 0.0787. The number of hydrogen-bond acceptors (Lipinski definition) is 2. The molecule has 2 aromatic rings. The summed E-state index contributed by atoms with van der Waals surface area (Å²) in [6, 6.07) is 12.7. The topological polar surface area (TPSA) is 32.3 Å². The fraction of sp³-hybridized carbons (Fsp3) is 0.350. The maximum absolute atomic E-state index is 13.8. The van der Waals surface area contributed by atoms with Crippen LogP contribution in [0.15, 0.2) is 48.5 Å². The number of carbonyl (C=O) groups excluding carboxylic acids is 1. The van der Waals surface area contributed by atoms with Crippen LogP contribution >= 0.6 is 0 Å². The summed E-state index contributed by atoms with van der Waals surface area (Å²) in [6.45, 7) is 3.98. The van der Waals surface area contributed by atoms with Crippen LogP contribution in [0.4, 0.5) is 8.78 Å². The molecule has 1 fully saturated rings. The lowest BCUT2D eigenvalue weighted by Crippen LogP contribution is -2.31. The molecule has 0 aromatic heterocycles. The van der Waals surface area contributed by atoms with Crippen LogP contribution in [0.25, 0.3) is 0 Å². The summed E-state index contributed by atoms with van der Waals surface area (Å²) in [7, 11) is 0. The van der Waals surface area contributed by atoms with Crippen molar-refractivity contribution in [3.8, 4) is 0 Å². The molecule has 0 spiro atoms. The molecule has 0 saturated carbocycles. The highest BCUT2D eigenvalue weighted by Crippen LogP contribution is 2.21. The zero-order valence-electron chi connectivity index (χ0n) is 14.2. The van der Waals surface area contributed by atoms with Crippen molar-refractivity contribution in [3.05, 3.63) is 71.3 Å². The molecule has 0 bridgehead atoms. The maximum Gasteiger partial charge on any atom is 0.253 e. The molecule has 0 unspecified atom stereocenters. The number of benzene rings is 2. The van der Waals surface area contributed by atoms with Gasteiger partial charge in [0.1, 0.15) is 11.6 Å². The predicted octanol–water partition coefficient (Wildman–Crippen LogP) is 3.78. The number of nitrogens with one attached hydrogen (secondary N) is 1. The van der Waals surface area contributed by atoms with E-state index in [1.807, 2.05) is 42.2 Å². The highest BCUT2D eigenvalue weighted by atomic mass is 19.1. The zero-order chi connectivity index (χ0) is 17.8. The highest BCUT2D eigenvalue weighted by molar-refractivity contribution is 5.94. The van der Waals surface area contributed by atoms with Crippen LogP contribution in [0.1, 0.15) is 35.3 Å². The van der Waals surface area contributed by atoms with Crippen molar-refractivity contribution in [2.24, 2.45) is 5.92 Å². The van der Waals surface area contributed by atoms with Gasteiger partial charge in [-0.3, -0.25) is 4.79 Å². The monoisotopic (exact) mass is 344 g/mol. The number of likely N-dealkylation sites (tertiary alicyclic amines) is 1. The summed E-state index contributed by atoms with van der Waals surface area (Å²) in [5.41, 5.74) is 1.16. The Labute approximate surface area is 146 Å². The first-order valence-corrected chi connectivity index (χ1v) is 8.57. The highest BCUT2D eigenvalue weighted by Gasteiger charge is 2.27. The molecule has 0 radical (unpaired) electrons. The molecule has 1 aliphatic heterocycles. The van der Waals surface area contributed by atoms with E-state index < -0.39 is 11.6 Å². The van der Waals surface area contributed by atoms with Gasteiger partial charge in [-0.25, -0.2) is 8.78 Å². The Morgan fingerprint density at radius 2 is 2.00 bits per heavy atom. The van der Waals surface area contributed by atoms with Gasteiger partial charge in [0.05, 0.1) is 0 Å². The second kappa shape index (κ2) is 7.74. The van der Waals surface area contributed by atoms with Crippen LogP contribution in [0.3, 0.4) is 0 Å².